The fourth-order valence-electron chi connectivity index (χ4n) is 1.24. The zero-order valence-electron chi connectivity index (χ0n) is 6.94. The van der Waals surface area contributed by atoms with Crippen molar-refractivity contribution in [2.75, 3.05) is 0 Å². The number of fused-ring (bicyclic) bond motifs is 1. The van der Waals surface area contributed by atoms with Crippen molar-refractivity contribution in [3.8, 4) is 5.75 Å². The van der Waals surface area contributed by atoms with Crippen LogP contribution in [0.4, 0.5) is 0 Å². The first-order valence-corrected chi connectivity index (χ1v) is 5.47. The summed E-state index contributed by atoms with van der Waals surface area (Å²) in [5.74, 6) is 0.154. The maximum Gasteiger partial charge on any atom is 0.499 e. The number of hydrogen-bond donors (Lipinski definition) is 3. The summed E-state index contributed by atoms with van der Waals surface area (Å²) in [5, 5.41) is 28.1. The zero-order chi connectivity index (χ0) is 10.3. The highest BCUT2D eigenvalue weighted by Gasteiger charge is 2.16. The van der Waals surface area contributed by atoms with Crippen LogP contribution in [0.3, 0.4) is 0 Å². The molecule has 6 heteroatoms. The summed E-state index contributed by atoms with van der Waals surface area (Å²) in [6.07, 6.45) is 0. The minimum Gasteiger partial charge on any atom is -0.508 e. The Morgan fingerprint density at radius 2 is 1.93 bits per heavy atom. The van der Waals surface area contributed by atoms with E-state index in [9.17, 15) is 5.11 Å². The molecule has 72 valence electrons. The quantitative estimate of drug-likeness (QED) is 0.680. The molecule has 1 heterocycles. The number of hydrogen-bond acceptors (Lipinski definition) is 4. The van der Waals surface area contributed by atoms with Gasteiger partial charge >= 0.3 is 7.12 Å². The van der Waals surface area contributed by atoms with E-state index in [4.69, 9.17) is 10.0 Å². The number of rotatable bonds is 1. The van der Waals surface area contributed by atoms with Crippen LogP contribution in [-0.4, -0.2) is 22.3 Å². The molecule has 0 aliphatic heterocycles. The molecule has 2 rings (SSSR count). The van der Waals surface area contributed by atoms with Crippen LogP contribution in [0.5, 0.6) is 5.75 Å². The average Bonchev–Trinajstić information content (AvgIpc) is 2.47. The van der Waals surface area contributed by atoms with Crippen LogP contribution >= 0.6 is 27.3 Å². The fourth-order valence-corrected chi connectivity index (χ4v) is 2.87. The molecule has 0 aliphatic rings. The van der Waals surface area contributed by atoms with Crippen LogP contribution in [0.25, 0.3) is 10.1 Å². The first kappa shape index (κ1) is 9.98. The normalized spacial score (nSPS) is 10.8. The number of thiophene rings is 1. The molecule has 3 N–H and O–H groups in total. The molecular weight excluding hydrogens is 267 g/mol. The second kappa shape index (κ2) is 3.54. The van der Waals surface area contributed by atoms with Gasteiger partial charge in [0.2, 0.25) is 0 Å². The fraction of sp³-hybridized carbons (Fsp3) is 0. The summed E-state index contributed by atoms with van der Waals surface area (Å²) in [4.78, 5) is 0. The molecular formula is C8H6BBrO3S. The summed E-state index contributed by atoms with van der Waals surface area (Å²) in [6.45, 7) is 0. The molecule has 1 aromatic heterocycles. The van der Waals surface area contributed by atoms with Gasteiger partial charge in [0.1, 0.15) is 5.75 Å². The van der Waals surface area contributed by atoms with Crippen molar-refractivity contribution >= 4 is 49.2 Å². The van der Waals surface area contributed by atoms with E-state index in [1.165, 1.54) is 11.3 Å². The van der Waals surface area contributed by atoms with E-state index in [-0.39, 0.29) is 5.75 Å². The molecule has 0 atom stereocenters. The van der Waals surface area contributed by atoms with Gasteiger partial charge in [-0.1, -0.05) is 0 Å². The standard InChI is InChI=1S/C8H6BBrO3S/c10-6-3-5(11)1-4-2-7(9(12)13)14-8(4)6/h1-3,11-13H. The van der Waals surface area contributed by atoms with Gasteiger partial charge in [0.05, 0.1) is 0 Å². The van der Waals surface area contributed by atoms with Gasteiger partial charge in [0, 0.05) is 13.9 Å². The Balaban J connectivity index is 2.70. The Labute approximate surface area is 92.9 Å². The lowest BCUT2D eigenvalue weighted by Crippen LogP contribution is -2.26. The maximum absolute atomic E-state index is 9.31. The van der Waals surface area contributed by atoms with E-state index in [0.29, 0.717) is 4.78 Å². The van der Waals surface area contributed by atoms with Crippen molar-refractivity contribution in [1.82, 2.24) is 0 Å². The first-order chi connectivity index (χ1) is 6.58. The molecule has 0 unspecified atom stereocenters. The van der Waals surface area contributed by atoms with Crippen LogP contribution in [-0.2, 0) is 0 Å². The van der Waals surface area contributed by atoms with Gasteiger partial charge in [0.25, 0.3) is 0 Å². The van der Waals surface area contributed by atoms with Crippen LogP contribution in [0.1, 0.15) is 0 Å². The largest absolute Gasteiger partial charge is 0.508 e. The van der Waals surface area contributed by atoms with Crippen molar-refractivity contribution in [3.63, 3.8) is 0 Å². The van der Waals surface area contributed by atoms with E-state index < -0.39 is 7.12 Å². The zero-order valence-corrected chi connectivity index (χ0v) is 9.34. The topological polar surface area (TPSA) is 60.7 Å². The highest BCUT2D eigenvalue weighted by atomic mass is 79.9. The Bertz CT molecular complexity index is 483. The second-order valence-electron chi connectivity index (χ2n) is 2.87. The number of halogens is 1. The van der Waals surface area contributed by atoms with E-state index in [2.05, 4.69) is 15.9 Å². The molecule has 0 aliphatic carbocycles. The van der Waals surface area contributed by atoms with Crippen LogP contribution in [0.2, 0.25) is 0 Å². The third-order valence-corrected chi connectivity index (χ3v) is 3.94. The highest BCUT2D eigenvalue weighted by Crippen LogP contribution is 2.31. The monoisotopic (exact) mass is 272 g/mol. The van der Waals surface area contributed by atoms with E-state index >= 15 is 0 Å². The molecule has 0 spiro atoms. The van der Waals surface area contributed by atoms with Gasteiger partial charge in [-0.05, 0) is 39.5 Å². The molecule has 0 bridgehead atoms. The minimum absolute atomic E-state index is 0.154. The van der Waals surface area contributed by atoms with Gasteiger partial charge in [-0.15, -0.1) is 11.3 Å². The Morgan fingerprint density at radius 1 is 1.21 bits per heavy atom. The lowest BCUT2D eigenvalue weighted by Gasteiger charge is -1.94. The summed E-state index contributed by atoms with van der Waals surface area (Å²) in [7, 11) is -1.46. The van der Waals surface area contributed by atoms with Crippen molar-refractivity contribution < 1.29 is 15.2 Å². The van der Waals surface area contributed by atoms with E-state index in [1.54, 1.807) is 18.2 Å². The van der Waals surface area contributed by atoms with Crippen molar-refractivity contribution in [2.24, 2.45) is 0 Å². The molecule has 1 aromatic carbocycles. The Hall–Kier alpha value is -0.555. The molecule has 0 amide bonds. The maximum atomic E-state index is 9.31. The molecule has 2 aromatic rings. The van der Waals surface area contributed by atoms with Crippen molar-refractivity contribution in [1.29, 1.82) is 0 Å². The summed E-state index contributed by atoms with van der Waals surface area (Å²) in [5.41, 5.74) is 0. The number of phenols is 1. The molecule has 0 saturated heterocycles. The SMILES string of the molecule is OB(O)c1cc2cc(O)cc(Br)c2s1. The van der Waals surface area contributed by atoms with Gasteiger partial charge in [0.15, 0.2) is 0 Å². The number of phenolic OH excluding ortho intramolecular Hbond substituents is 1. The predicted molar refractivity (Wildman–Crippen MR) is 61.0 cm³/mol. The van der Waals surface area contributed by atoms with Crippen molar-refractivity contribution in [3.05, 3.63) is 22.7 Å². The summed E-state index contributed by atoms with van der Waals surface area (Å²) >= 11 is 4.58. The Kier molecular flexibility index (Phi) is 2.53. The van der Waals surface area contributed by atoms with Crippen LogP contribution < -0.4 is 4.78 Å². The lowest BCUT2D eigenvalue weighted by atomic mass is 9.89. The first-order valence-electron chi connectivity index (χ1n) is 3.86. The molecule has 3 nitrogen and oxygen atoms in total. The second-order valence-corrected chi connectivity index (χ2v) is 4.81. The summed E-state index contributed by atoms with van der Waals surface area (Å²) in [6, 6.07) is 4.81. The molecule has 0 fully saturated rings. The van der Waals surface area contributed by atoms with Gasteiger partial charge in [-0.2, -0.15) is 0 Å². The Morgan fingerprint density at radius 3 is 2.57 bits per heavy atom. The molecule has 0 radical (unpaired) electrons. The number of benzene rings is 1. The summed E-state index contributed by atoms with van der Waals surface area (Å²) < 4.78 is 2.11. The highest BCUT2D eigenvalue weighted by molar-refractivity contribution is 9.10. The van der Waals surface area contributed by atoms with Gasteiger partial charge < -0.3 is 15.2 Å². The number of aromatic hydroxyl groups is 1. The average molecular weight is 273 g/mol. The predicted octanol–water partition coefficient (Wildman–Crippen LogP) is 1.05. The van der Waals surface area contributed by atoms with Crippen molar-refractivity contribution in [2.45, 2.75) is 0 Å². The smallest absolute Gasteiger partial charge is 0.499 e. The van der Waals surface area contributed by atoms with E-state index in [0.717, 1.165) is 14.6 Å². The third kappa shape index (κ3) is 1.66. The van der Waals surface area contributed by atoms with Gasteiger partial charge in [-0.25, -0.2) is 0 Å². The molecule has 14 heavy (non-hydrogen) atoms. The van der Waals surface area contributed by atoms with Gasteiger partial charge in [-0.3, -0.25) is 0 Å². The van der Waals surface area contributed by atoms with Crippen LogP contribution in [0.15, 0.2) is 22.7 Å². The third-order valence-electron chi connectivity index (χ3n) is 1.83. The lowest BCUT2D eigenvalue weighted by molar-refractivity contribution is 0.427. The van der Waals surface area contributed by atoms with Crippen LogP contribution in [0, 0.1) is 0 Å². The minimum atomic E-state index is -1.46. The van der Waals surface area contributed by atoms with E-state index in [1.807, 2.05) is 0 Å². The molecule has 0 saturated carbocycles.